The van der Waals surface area contributed by atoms with Gasteiger partial charge in [0.1, 0.15) is 24.0 Å². The van der Waals surface area contributed by atoms with Crippen molar-refractivity contribution in [3.8, 4) is 0 Å². The van der Waals surface area contributed by atoms with Gasteiger partial charge in [-0.05, 0) is 42.9 Å². The SMILES string of the molecule is CCC1CCc2c(sc(NC(=O)COCC(=O)O)c2C(=O)NCc2ccco2)C1. The Bertz CT molecular complexity index is 874. The van der Waals surface area contributed by atoms with Crippen LogP contribution in [0.3, 0.4) is 0 Å². The second kappa shape index (κ2) is 9.71. The van der Waals surface area contributed by atoms with E-state index in [1.165, 1.54) is 11.3 Å². The van der Waals surface area contributed by atoms with Crippen LogP contribution in [-0.4, -0.2) is 36.1 Å². The van der Waals surface area contributed by atoms with E-state index in [4.69, 9.17) is 14.3 Å². The van der Waals surface area contributed by atoms with Gasteiger partial charge in [-0.3, -0.25) is 9.59 Å². The number of fused-ring (bicyclic) bond motifs is 1. The summed E-state index contributed by atoms with van der Waals surface area (Å²) in [6.45, 7) is 1.47. The molecule has 2 aromatic rings. The van der Waals surface area contributed by atoms with E-state index in [0.717, 1.165) is 36.1 Å². The first-order chi connectivity index (χ1) is 14.0. The van der Waals surface area contributed by atoms with E-state index in [0.29, 0.717) is 22.2 Å². The fourth-order valence-corrected chi connectivity index (χ4v) is 4.77. The molecule has 8 nitrogen and oxygen atoms in total. The van der Waals surface area contributed by atoms with Crippen LogP contribution in [0, 0.1) is 5.92 Å². The molecule has 0 fully saturated rings. The Morgan fingerprint density at radius 1 is 1.34 bits per heavy atom. The lowest BCUT2D eigenvalue weighted by atomic mass is 9.85. The summed E-state index contributed by atoms with van der Waals surface area (Å²) in [5.41, 5.74) is 1.47. The number of amides is 2. The number of carbonyl (C=O) groups is 3. The number of anilines is 1. The summed E-state index contributed by atoms with van der Waals surface area (Å²) in [6, 6.07) is 3.53. The summed E-state index contributed by atoms with van der Waals surface area (Å²) < 4.78 is 10.1. The fraction of sp³-hybridized carbons (Fsp3) is 0.450. The molecule has 9 heteroatoms. The van der Waals surface area contributed by atoms with Gasteiger partial charge in [0.25, 0.3) is 11.8 Å². The smallest absolute Gasteiger partial charge is 0.329 e. The van der Waals surface area contributed by atoms with Crippen LogP contribution in [-0.2, 0) is 33.7 Å². The standard InChI is InChI=1S/C20H24N2O6S/c1-2-12-5-6-14-15(8-12)29-20(22-16(23)10-27-11-17(24)25)18(14)19(26)21-9-13-4-3-7-28-13/h3-4,7,12H,2,5-6,8-11H2,1H3,(H,21,26)(H,22,23)(H,24,25). The number of carboxylic acid groups (broad SMARTS) is 1. The molecule has 0 radical (unpaired) electrons. The molecule has 29 heavy (non-hydrogen) atoms. The zero-order valence-electron chi connectivity index (χ0n) is 16.2. The van der Waals surface area contributed by atoms with Gasteiger partial charge in [-0.1, -0.05) is 13.3 Å². The van der Waals surface area contributed by atoms with E-state index in [2.05, 4.69) is 17.6 Å². The second-order valence-corrected chi connectivity index (χ2v) is 8.03. The van der Waals surface area contributed by atoms with E-state index in [9.17, 15) is 14.4 Å². The predicted octanol–water partition coefficient (Wildman–Crippen LogP) is 2.83. The van der Waals surface area contributed by atoms with Crippen molar-refractivity contribution in [1.29, 1.82) is 0 Å². The third-order valence-corrected chi connectivity index (χ3v) is 6.06. The summed E-state index contributed by atoms with van der Waals surface area (Å²) in [6.07, 6.45) is 5.30. The maximum Gasteiger partial charge on any atom is 0.329 e. The van der Waals surface area contributed by atoms with Gasteiger partial charge in [0.2, 0.25) is 0 Å². The molecule has 156 valence electrons. The summed E-state index contributed by atoms with van der Waals surface area (Å²) in [4.78, 5) is 36.7. The van der Waals surface area contributed by atoms with Crippen LogP contribution in [0.5, 0.6) is 0 Å². The first-order valence-electron chi connectivity index (χ1n) is 9.52. The molecule has 0 aromatic carbocycles. The molecule has 3 rings (SSSR count). The highest BCUT2D eigenvalue weighted by atomic mass is 32.1. The molecule has 1 aliphatic carbocycles. The molecular formula is C20H24N2O6S. The Labute approximate surface area is 172 Å². The number of hydrogen-bond acceptors (Lipinski definition) is 6. The fourth-order valence-electron chi connectivity index (χ4n) is 3.39. The summed E-state index contributed by atoms with van der Waals surface area (Å²) in [5, 5.41) is 14.7. The monoisotopic (exact) mass is 420 g/mol. The highest BCUT2D eigenvalue weighted by Gasteiger charge is 2.29. The van der Waals surface area contributed by atoms with Crippen molar-refractivity contribution in [2.45, 2.75) is 39.2 Å². The molecule has 2 aromatic heterocycles. The van der Waals surface area contributed by atoms with Crippen molar-refractivity contribution in [3.63, 3.8) is 0 Å². The zero-order valence-corrected chi connectivity index (χ0v) is 17.0. The molecule has 0 saturated heterocycles. The van der Waals surface area contributed by atoms with Gasteiger partial charge in [-0.25, -0.2) is 4.79 Å². The molecule has 1 aliphatic rings. The Morgan fingerprint density at radius 2 is 2.17 bits per heavy atom. The van der Waals surface area contributed by atoms with Gasteiger partial charge in [-0.15, -0.1) is 11.3 Å². The number of hydrogen-bond donors (Lipinski definition) is 3. The average Bonchev–Trinajstić information content (AvgIpc) is 3.32. The van der Waals surface area contributed by atoms with E-state index in [-0.39, 0.29) is 19.1 Å². The number of nitrogens with one attached hydrogen (secondary N) is 2. The third-order valence-electron chi connectivity index (χ3n) is 4.89. The topological polar surface area (TPSA) is 118 Å². The number of aliphatic carboxylic acids is 1. The van der Waals surface area contributed by atoms with Crippen molar-refractivity contribution in [3.05, 3.63) is 40.2 Å². The molecular weight excluding hydrogens is 396 g/mol. The van der Waals surface area contributed by atoms with Gasteiger partial charge in [-0.2, -0.15) is 0 Å². The van der Waals surface area contributed by atoms with Crippen LogP contribution in [0.1, 0.15) is 46.3 Å². The average molecular weight is 420 g/mol. The molecule has 0 saturated carbocycles. The van der Waals surface area contributed by atoms with E-state index >= 15 is 0 Å². The van der Waals surface area contributed by atoms with Crippen LogP contribution in [0.2, 0.25) is 0 Å². The highest BCUT2D eigenvalue weighted by Crippen LogP contribution is 2.40. The van der Waals surface area contributed by atoms with Crippen molar-refractivity contribution < 1.29 is 28.6 Å². The normalized spacial score (nSPS) is 15.6. The van der Waals surface area contributed by atoms with E-state index < -0.39 is 18.5 Å². The lowest BCUT2D eigenvalue weighted by molar-refractivity contribution is -0.143. The quantitative estimate of drug-likeness (QED) is 0.574. The van der Waals surface area contributed by atoms with E-state index in [1.54, 1.807) is 18.4 Å². The third kappa shape index (κ3) is 5.45. The van der Waals surface area contributed by atoms with Crippen LogP contribution in [0.25, 0.3) is 0 Å². The summed E-state index contributed by atoms with van der Waals surface area (Å²) in [7, 11) is 0. The lowest BCUT2D eigenvalue weighted by Gasteiger charge is -2.21. The van der Waals surface area contributed by atoms with Crippen molar-refractivity contribution in [1.82, 2.24) is 5.32 Å². The van der Waals surface area contributed by atoms with Crippen molar-refractivity contribution in [2.24, 2.45) is 5.92 Å². The highest BCUT2D eigenvalue weighted by molar-refractivity contribution is 7.17. The van der Waals surface area contributed by atoms with Crippen LogP contribution in [0.4, 0.5) is 5.00 Å². The number of rotatable bonds is 9. The van der Waals surface area contributed by atoms with Crippen LogP contribution < -0.4 is 10.6 Å². The Morgan fingerprint density at radius 3 is 2.86 bits per heavy atom. The molecule has 2 amide bonds. The molecule has 2 heterocycles. The minimum atomic E-state index is -1.15. The molecule has 0 spiro atoms. The Hall–Kier alpha value is -2.65. The lowest BCUT2D eigenvalue weighted by Crippen LogP contribution is -2.26. The Balaban J connectivity index is 1.76. The van der Waals surface area contributed by atoms with Crippen molar-refractivity contribution in [2.75, 3.05) is 18.5 Å². The van der Waals surface area contributed by atoms with Gasteiger partial charge < -0.3 is 24.9 Å². The number of carbonyl (C=O) groups excluding carboxylic acids is 2. The summed E-state index contributed by atoms with van der Waals surface area (Å²) in [5.74, 6) is -0.690. The maximum absolute atomic E-state index is 12.9. The predicted molar refractivity (Wildman–Crippen MR) is 107 cm³/mol. The zero-order chi connectivity index (χ0) is 20.8. The second-order valence-electron chi connectivity index (χ2n) is 6.92. The minimum absolute atomic E-state index is 0.253. The van der Waals surface area contributed by atoms with E-state index in [1.807, 2.05) is 0 Å². The first-order valence-corrected chi connectivity index (χ1v) is 10.3. The van der Waals surface area contributed by atoms with Gasteiger partial charge in [0, 0.05) is 4.88 Å². The van der Waals surface area contributed by atoms with Crippen LogP contribution >= 0.6 is 11.3 Å². The molecule has 0 aliphatic heterocycles. The van der Waals surface area contributed by atoms with Crippen LogP contribution in [0.15, 0.2) is 22.8 Å². The van der Waals surface area contributed by atoms with Gasteiger partial charge >= 0.3 is 5.97 Å². The number of carboxylic acids is 1. The van der Waals surface area contributed by atoms with Gasteiger partial charge in [0.05, 0.1) is 18.4 Å². The molecule has 0 bridgehead atoms. The minimum Gasteiger partial charge on any atom is -0.480 e. The Kier molecular flexibility index (Phi) is 7.05. The van der Waals surface area contributed by atoms with Crippen molar-refractivity contribution >= 4 is 34.1 Å². The molecule has 1 unspecified atom stereocenters. The molecule has 3 N–H and O–H groups in total. The number of thiophene rings is 1. The maximum atomic E-state index is 12.9. The largest absolute Gasteiger partial charge is 0.480 e. The number of ether oxygens (including phenoxy) is 1. The first kappa shape index (κ1) is 21.1. The van der Waals surface area contributed by atoms with Gasteiger partial charge in [0.15, 0.2) is 0 Å². The summed E-state index contributed by atoms with van der Waals surface area (Å²) >= 11 is 1.41. The number of furan rings is 1. The molecule has 1 atom stereocenters.